The Hall–Kier alpha value is -0.320. The van der Waals surface area contributed by atoms with E-state index in [4.69, 9.17) is 21.1 Å². The van der Waals surface area contributed by atoms with E-state index < -0.39 is 0 Å². The second kappa shape index (κ2) is 5.84. The number of nitrogens with zero attached hydrogens (tertiary/aromatic N) is 1. The maximum absolute atomic E-state index is 12.1. The summed E-state index contributed by atoms with van der Waals surface area (Å²) in [7, 11) is 0. The monoisotopic (exact) mass is 247 g/mol. The molecule has 0 aromatic carbocycles. The van der Waals surface area contributed by atoms with Crippen LogP contribution < -0.4 is 0 Å². The summed E-state index contributed by atoms with van der Waals surface area (Å²) in [6, 6.07) is 0. The lowest BCUT2D eigenvalue weighted by atomic mass is 9.95. The van der Waals surface area contributed by atoms with Gasteiger partial charge in [-0.05, 0) is 18.8 Å². The van der Waals surface area contributed by atoms with Crippen molar-refractivity contribution < 1.29 is 14.3 Å². The Kier molecular flexibility index (Phi) is 4.44. The first-order valence-corrected chi connectivity index (χ1v) is 6.31. The first-order chi connectivity index (χ1) is 7.79. The molecule has 0 aromatic rings. The molecule has 0 bridgehead atoms. The summed E-state index contributed by atoms with van der Waals surface area (Å²) in [4.78, 5) is 13.9. The number of hydrogen-bond donors (Lipinski definition) is 0. The van der Waals surface area contributed by atoms with E-state index in [-0.39, 0.29) is 17.2 Å². The third-order valence-corrected chi connectivity index (χ3v) is 3.78. The molecule has 1 atom stereocenters. The van der Waals surface area contributed by atoms with Gasteiger partial charge in [0.05, 0.1) is 13.2 Å². The predicted octanol–water partition coefficient (Wildman–Crippen LogP) is 0.879. The third kappa shape index (κ3) is 2.87. The van der Waals surface area contributed by atoms with Crippen LogP contribution in [0, 0.1) is 5.92 Å². The minimum absolute atomic E-state index is 0.0665. The Labute approximate surface area is 101 Å². The minimum Gasteiger partial charge on any atom is -0.381 e. The smallest absolute Gasteiger partial charge is 0.241 e. The van der Waals surface area contributed by atoms with Gasteiger partial charge in [0.15, 0.2) is 0 Å². The van der Waals surface area contributed by atoms with Crippen LogP contribution in [0.5, 0.6) is 0 Å². The van der Waals surface area contributed by atoms with Crippen LogP contribution in [0.2, 0.25) is 0 Å². The van der Waals surface area contributed by atoms with Gasteiger partial charge in [-0.25, -0.2) is 0 Å². The number of carbonyl (C=O) groups excluding carboxylic acids is 1. The van der Waals surface area contributed by atoms with Gasteiger partial charge in [0.2, 0.25) is 5.91 Å². The summed E-state index contributed by atoms with van der Waals surface area (Å²) < 4.78 is 10.5. The molecule has 0 aromatic heterocycles. The molecule has 5 heteroatoms. The Morgan fingerprint density at radius 1 is 1.12 bits per heavy atom. The zero-order valence-electron chi connectivity index (χ0n) is 9.36. The Morgan fingerprint density at radius 2 is 1.69 bits per heavy atom. The molecular formula is C11H18ClNO3. The van der Waals surface area contributed by atoms with Crippen LogP contribution in [0.4, 0.5) is 0 Å². The van der Waals surface area contributed by atoms with Crippen LogP contribution in [0.25, 0.3) is 0 Å². The molecular weight excluding hydrogens is 230 g/mol. The van der Waals surface area contributed by atoms with Gasteiger partial charge in [-0.3, -0.25) is 4.79 Å². The second-order valence-corrected chi connectivity index (χ2v) is 4.76. The lowest BCUT2D eigenvalue weighted by Gasteiger charge is -2.32. The quantitative estimate of drug-likeness (QED) is 0.680. The van der Waals surface area contributed by atoms with Crippen LogP contribution in [0.3, 0.4) is 0 Å². The van der Waals surface area contributed by atoms with Gasteiger partial charge in [0, 0.05) is 26.3 Å². The first kappa shape index (κ1) is 12.1. The van der Waals surface area contributed by atoms with Crippen molar-refractivity contribution >= 4 is 17.5 Å². The van der Waals surface area contributed by atoms with Crippen LogP contribution in [-0.4, -0.2) is 55.7 Å². The van der Waals surface area contributed by atoms with Crippen molar-refractivity contribution in [2.45, 2.75) is 18.2 Å². The fraction of sp³-hybridized carbons (Fsp3) is 0.909. The molecule has 0 aliphatic carbocycles. The highest BCUT2D eigenvalue weighted by Gasteiger charge is 2.31. The van der Waals surface area contributed by atoms with Crippen molar-refractivity contribution in [2.75, 3.05) is 39.5 Å². The first-order valence-electron chi connectivity index (χ1n) is 5.87. The van der Waals surface area contributed by atoms with Crippen molar-refractivity contribution in [3.05, 3.63) is 0 Å². The summed E-state index contributed by atoms with van der Waals surface area (Å²) in [5.41, 5.74) is 0. The average molecular weight is 248 g/mol. The maximum Gasteiger partial charge on any atom is 0.241 e. The molecule has 92 valence electrons. The summed E-state index contributed by atoms with van der Waals surface area (Å²) in [5, 5.41) is -0.387. The maximum atomic E-state index is 12.1. The topological polar surface area (TPSA) is 38.8 Å². The van der Waals surface area contributed by atoms with Gasteiger partial charge in [0.25, 0.3) is 0 Å². The van der Waals surface area contributed by atoms with Gasteiger partial charge in [-0.1, -0.05) is 0 Å². The van der Waals surface area contributed by atoms with Crippen molar-refractivity contribution in [2.24, 2.45) is 5.92 Å². The molecule has 2 aliphatic heterocycles. The van der Waals surface area contributed by atoms with E-state index in [1.165, 1.54) is 0 Å². The van der Waals surface area contributed by atoms with E-state index in [0.29, 0.717) is 26.3 Å². The van der Waals surface area contributed by atoms with Gasteiger partial charge in [-0.2, -0.15) is 0 Å². The van der Waals surface area contributed by atoms with Crippen LogP contribution in [-0.2, 0) is 14.3 Å². The van der Waals surface area contributed by atoms with Gasteiger partial charge in [-0.15, -0.1) is 11.6 Å². The van der Waals surface area contributed by atoms with E-state index in [2.05, 4.69) is 0 Å². The molecule has 2 aliphatic rings. The Balaban J connectivity index is 1.86. The zero-order valence-corrected chi connectivity index (χ0v) is 10.1. The number of alkyl halides is 1. The number of rotatable bonds is 2. The average Bonchev–Trinajstić information content (AvgIpc) is 2.39. The molecule has 2 saturated heterocycles. The highest BCUT2D eigenvalue weighted by atomic mass is 35.5. The molecule has 2 rings (SSSR count). The summed E-state index contributed by atoms with van der Waals surface area (Å²) in [5.74, 6) is 0.336. The normalized spacial score (nSPS) is 25.4. The Bertz CT molecular complexity index is 237. The molecule has 0 spiro atoms. The van der Waals surface area contributed by atoms with Crippen LogP contribution >= 0.6 is 11.6 Å². The number of amides is 1. The van der Waals surface area contributed by atoms with E-state index in [9.17, 15) is 4.79 Å². The molecule has 0 saturated carbocycles. The summed E-state index contributed by atoms with van der Waals surface area (Å²) in [6.07, 6.45) is 1.79. The summed E-state index contributed by atoms with van der Waals surface area (Å²) in [6.45, 7) is 4.05. The lowest BCUT2D eigenvalue weighted by molar-refractivity contribution is -0.136. The lowest BCUT2D eigenvalue weighted by Crippen LogP contribution is -2.46. The number of morpholine rings is 1. The third-order valence-electron chi connectivity index (χ3n) is 3.24. The van der Waals surface area contributed by atoms with Gasteiger partial charge >= 0.3 is 0 Å². The highest BCUT2D eigenvalue weighted by molar-refractivity contribution is 6.30. The van der Waals surface area contributed by atoms with Crippen molar-refractivity contribution in [1.29, 1.82) is 0 Å². The predicted molar refractivity (Wildman–Crippen MR) is 60.6 cm³/mol. The molecule has 0 radical (unpaired) electrons. The van der Waals surface area contributed by atoms with Crippen molar-refractivity contribution in [3.63, 3.8) is 0 Å². The zero-order chi connectivity index (χ0) is 11.4. The van der Waals surface area contributed by atoms with Crippen LogP contribution in [0.15, 0.2) is 0 Å². The van der Waals surface area contributed by atoms with E-state index >= 15 is 0 Å². The Morgan fingerprint density at radius 3 is 2.31 bits per heavy atom. The number of halogens is 1. The molecule has 1 amide bonds. The standard InChI is InChI=1S/C11H18ClNO3/c12-10(9-1-5-15-6-2-9)11(14)13-3-7-16-8-4-13/h9-10H,1-8H2. The molecule has 2 fully saturated rings. The largest absolute Gasteiger partial charge is 0.381 e. The van der Waals surface area contributed by atoms with Crippen molar-refractivity contribution in [3.8, 4) is 0 Å². The molecule has 0 N–H and O–H groups in total. The van der Waals surface area contributed by atoms with Crippen molar-refractivity contribution in [1.82, 2.24) is 4.90 Å². The fourth-order valence-electron chi connectivity index (χ4n) is 2.17. The number of carbonyl (C=O) groups is 1. The SMILES string of the molecule is O=C(C(Cl)C1CCOCC1)N1CCOCC1. The van der Waals surface area contributed by atoms with Crippen LogP contribution in [0.1, 0.15) is 12.8 Å². The fourth-order valence-corrected chi connectivity index (χ4v) is 2.56. The molecule has 16 heavy (non-hydrogen) atoms. The molecule has 1 unspecified atom stereocenters. The van der Waals surface area contributed by atoms with E-state index in [1.807, 2.05) is 4.90 Å². The van der Waals surface area contributed by atoms with E-state index in [1.54, 1.807) is 0 Å². The minimum atomic E-state index is -0.387. The number of ether oxygens (including phenoxy) is 2. The molecule has 4 nitrogen and oxygen atoms in total. The second-order valence-electron chi connectivity index (χ2n) is 4.29. The highest BCUT2D eigenvalue weighted by Crippen LogP contribution is 2.24. The molecule has 2 heterocycles. The van der Waals surface area contributed by atoms with Gasteiger partial charge < -0.3 is 14.4 Å². The summed E-state index contributed by atoms with van der Waals surface area (Å²) >= 11 is 6.26. The number of hydrogen-bond acceptors (Lipinski definition) is 3. The van der Waals surface area contributed by atoms with Gasteiger partial charge in [0.1, 0.15) is 5.38 Å². The van der Waals surface area contributed by atoms with E-state index in [0.717, 1.165) is 26.1 Å².